The Morgan fingerprint density at radius 1 is 1.06 bits per heavy atom. The zero-order valence-corrected chi connectivity index (χ0v) is 12.7. The summed E-state index contributed by atoms with van der Waals surface area (Å²) < 4.78 is 1.43. The molecule has 0 saturated heterocycles. The predicted octanol–water partition coefficient (Wildman–Crippen LogP) is 5.82. The molecule has 0 aliphatic rings. The van der Waals surface area contributed by atoms with E-state index in [0.717, 1.165) is 6.42 Å². The molecular weight excluding hydrogens is 224 g/mol. The Balaban J connectivity index is 0.000000686. The first-order valence-corrected chi connectivity index (χ1v) is 7.25. The van der Waals surface area contributed by atoms with Gasteiger partial charge in [0.1, 0.15) is 0 Å². The van der Waals surface area contributed by atoms with E-state index in [1.54, 1.807) is 0 Å². The van der Waals surface area contributed by atoms with E-state index in [1.165, 1.54) is 20.5 Å². The van der Waals surface area contributed by atoms with Gasteiger partial charge in [0.2, 0.25) is 0 Å². The van der Waals surface area contributed by atoms with E-state index in [0.29, 0.717) is 5.41 Å². The largest absolute Gasteiger partial charge is 0.141 e. The fourth-order valence-corrected chi connectivity index (χ4v) is 2.92. The number of benzene rings is 1. The first-order chi connectivity index (χ1) is 7.94. The van der Waals surface area contributed by atoms with Crippen LogP contribution in [0.3, 0.4) is 0 Å². The van der Waals surface area contributed by atoms with Crippen molar-refractivity contribution in [1.29, 1.82) is 0 Å². The van der Waals surface area contributed by atoms with Gasteiger partial charge in [0.05, 0.1) is 0 Å². The van der Waals surface area contributed by atoms with Crippen LogP contribution in [0.2, 0.25) is 0 Å². The summed E-state index contributed by atoms with van der Waals surface area (Å²) in [4.78, 5) is 1.40. The van der Waals surface area contributed by atoms with Crippen molar-refractivity contribution in [2.75, 3.05) is 0 Å². The lowest BCUT2D eigenvalue weighted by Crippen LogP contribution is -2.08. The predicted molar refractivity (Wildman–Crippen MR) is 81.1 cm³/mol. The number of fused-ring (bicyclic) bond motifs is 1. The molecule has 1 heterocycles. The lowest BCUT2D eigenvalue weighted by atomic mass is 9.88. The van der Waals surface area contributed by atoms with Gasteiger partial charge in [-0.05, 0) is 41.8 Å². The van der Waals surface area contributed by atoms with Gasteiger partial charge in [-0.3, -0.25) is 0 Å². The molecule has 0 amide bonds. The van der Waals surface area contributed by atoms with Crippen LogP contribution in [0.25, 0.3) is 10.1 Å². The number of hydrogen-bond donors (Lipinski definition) is 0. The summed E-state index contributed by atoms with van der Waals surface area (Å²) in [5.41, 5.74) is 1.83. The van der Waals surface area contributed by atoms with E-state index in [4.69, 9.17) is 0 Å². The van der Waals surface area contributed by atoms with Gasteiger partial charge < -0.3 is 0 Å². The molecule has 0 bridgehead atoms. The first kappa shape index (κ1) is 14.2. The van der Waals surface area contributed by atoms with E-state index >= 15 is 0 Å². The van der Waals surface area contributed by atoms with Crippen LogP contribution >= 0.6 is 11.3 Å². The van der Waals surface area contributed by atoms with Crippen LogP contribution in [0.1, 0.15) is 45.1 Å². The van der Waals surface area contributed by atoms with Gasteiger partial charge in [0.15, 0.2) is 0 Å². The summed E-state index contributed by atoms with van der Waals surface area (Å²) in [6.45, 7) is 13.0. The van der Waals surface area contributed by atoms with E-state index in [2.05, 4.69) is 52.0 Å². The monoisotopic (exact) mass is 248 g/mol. The Labute approximate surface area is 110 Å². The molecule has 0 radical (unpaired) electrons. The maximum absolute atomic E-state index is 2.35. The maximum Gasteiger partial charge on any atom is 0.0348 e. The van der Waals surface area contributed by atoms with Gasteiger partial charge in [-0.2, -0.15) is 0 Å². The van der Waals surface area contributed by atoms with Crippen molar-refractivity contribution in [3.05, 3.63) is 34.7 Å². The SMILES string of the molecule is CC.Cc1cc2ccc(CC(C)(C)C)cc2s1. The average molecular weight is 248 g/mol. The quantitative estimate of drug-likeness (QED) is 0.596. The minimum atomic E-state index is 0.375. The molecule has 0 aliphatic carbocycles. The Hall–Kier alpha value is -0.820. The Morgan fingerprint density at radius 3 is 2.29 bits per heavy atom. The third-order valence-corrected chi connectivity index (χ3v) is 3.46. The minimum Gasteiger partial charge on any atom is -0.141 e. The van der Waals surface area contributed by atoms with Crippen LogP contribution in [-0.4, -0.2) is 0 Å². The van der Waals surface area contributed by atoms with Crippen LogP contribution in [0, 0.1) is 12.3 Å². The van der Waals surface area contributed by atoms with Crippen molar-refractivity contribution in [3.8, 4) is 0 Å². The minimum absolute atomic E-state index is 0.375. The van der Waals surface area contributed by atoms with E-state index in [9.17, 15) is 0 Å². The second-order valence-corrected chi connectivity index (χ2v) is 6.75. The second kappa shape index (κ2) is 5.68. The Kier molecular flexibility index (Phi) is 4.76. The molecule has 0 aliphatic heterocycles. The number of rotatable bonds is 1. The molecule has 1 aromatic carbocycles. The molecule has 0 atom stereocenters. The normalized spacial score (nSPS) is 11.2. The lowest BCUT2D eigenvalue weighted by Gasteiger charge is -2.17. The fraction of sp³-hybridized carbons (Fsp3) is 0.500. The number of thiophene rings is 1. The number of aryl methyl sites for hydroxylation is 1. The van der Waals surface area contributed by atoms with E-state index < -0.39 is 0 Å². The summed E-state index contributed by atoms with van der Waals surface area (Å²) in [6.07, 6.45) is 1.15. The Morgan fingerprint density at radius 2 is 1.71 bits per heavy atom. The molecule has 0 N–H and O–H groups in total. The third kappa shape index (κ3) is 4.16. The fourth-order valence-electron chi connectivity index (χ4n) is 1.93. The molecule has 2 aromatic rings. The summed E-state index contributed by atoms with van der Waals surface area (Å²) in [7, 11) is 0. The van der Waals surface area contributed by atoms with E-state index in [1.807, 2.05) is 25.2 Å². The summed E-state index contributed by atoms with van der Waals surface area (Å²) >= 11 is 1.89. The summed E-state index contributed by atoms with van der Waals surface area (Å²) in [5, 5.41) is 1.38. The van der Waals surface area contributed by atoms with Crippen LogP contribution in [-0.2, 0) is 6.42 Å². The average Bonchev–Trinajstić information content (AvgIpc) is 2.58. The molecule has 0 saturated carbocycles. The molecular formula is C16H24S. The van der Waals surface area contributed by atoms with Crippen LogP contribution < -0.4 is 0 Å². The van der Waals surface area contributed by atoms with Crippen LogP contribution in [0.5, 0.6) is 0 Å². The van der Waals surface area contributed by atoms with E-state index in [-0.39, 0.29) is 0 Å². The highest BCUT2D eigenvalue weighted by molar-refractivity contribution is 7.19. The molecule has 2 rings (SSSR count). The first-order valence-electron chi connectivity index (χ1n) is 6.43. The van der Waals surface area contributed by atoms with Crippen molar-refractivity contribution in [1.82, 2.24) is 0 Å². The molecule has 0 fully saturated rings. The summed E-state index contributed by atoms with van der Waals surface area (Å²) in [6, 6.07) is 9.12. The van der Waals surface area contributed by atoms with Gasteiger partial charge in [-0.25, -0.2) is 0 Å². The molecule has 0 spiro atoms. The molecule has 1 heteroatoms. The third-order valence-electron chi connectivity index (χ3n) is 2.44. The second-order valence-electron chi connectivity index (χ2n) is 5.47. The lowest BCUT2D eigenvalue weighted by molar-refractivity contribution is 0.411. The van der Waals surface area contributed by atoms with Gasteiger partial charge in [0, 0.05) is 9.58 Å². The standard InChI is InChI=1S/C14H18S.C2H6/c1-10-7-12-6-5-11(8-13(12)15-10)9-14(2,3)4;1-2/h5-8H,9H2,1-4H3;1-2H3. The van der Waals surface area contributed by atoms with Crippen LogP contribution in [0.4, 0.5) is 0 Å². The summed E-state index contributed by atoms with van der Waals surface area (Å²) in [5.74, 6) is 0. The van der Waals surface area contributed by atoms with Gasteiger partial charge in [0.25, 0.3) is 0 Å². The highest BCUT2D eigenvalue weighted by atomic mass is 32.1. The zero-order chi connectivity index (χ0) is 13.1. The van der Waals surface area contributed by atoms with Crippen molar-refractivity contribution in [2.24, 2.45) is 5.41 Å². The van der Waals surface area contributed by atoms with Gasteiger partial charge in [-0.15, -0.1) is 11.3 Å². The molecule has 0 nitrogen and oxygen atoms in total. The number of hydrogen-bond acceptors (Lipinski definition) is 1. The van der Waals surface area contributed by atoms with Crippen LogP contribution in [0.15, 0.2) is 24.3 Å². The zero-order valence-electron chi connectivity index (χ0n) is 11.9. The van der Waals surface area contributed by atoms with Gasteiger partial charge >= 0.3 is 0 Å². The molecule has 17 heavy (non-hydrogen) atoms. The Bertz CT molecular complexity index is 472. The van der Waals surface area contributed by atoms with Crippen molar-refractivity contribution >= 4 is 21.4 Å². The molecule has 0 unspecified atom stereocenters. The highest BCUT2D eigenvalue weighted by Gasteiger charge is 2.11. The highest BCUT2D eigenvalue weighted by Crippen LogP contribution is 2.28. The van der Waals surface area contributed by atoms with Crippen molar-refractivity contribution in [3.63, 3.8) is 0 Å². The maximum atomic E-state index is 2.35. The smallest absolute Gasteiger partial charge is 0.0348 e. The molecule has 94 valence electrons. The molecule has 1 aromatic heterocycles. The van der Waals surface area contributed by atoms with Crippen molar-refractivity contribution in [2.45, 2.75) is 48.0 Å². The topological polar surface area (TPSA) is 0 Å². The van der Waals surface area contributed by atoms with Crippen molar-refractivity contribution < 1.29 is 0 Å². The van der Waals surface area contributed by atoms with Gasteiger partial charge in [-0.1, -0.05) is 46.8 Å².